The van der Waals surface area contributed by atoms with Crippen molar-refractivity contribution in [3.63, 3.8) is 0 Å². The minimum atomic E-state index is -0.496. The SMILES string of the molecule is O=C(CNC(=O)CNC(=O)c1ccco1)NCC(c1ccccc1)c1c[nH]c2ccccc12. The van der Waals surface area contributed by atoms with E-state index >= 15 is 0 Å². The van der Waals surface area contributed by atoms with E-state index in [0.717, 1.165) is 22.0 Å². The number of benzene rings is 2. The number of furan rings is 1. The number of para-hydroxylation sites is 1. The molecule has 4 N–H and O–H groups in total. The zero-order valence-corrected chi connectivity index (χ0v) is 17.8. The molecule has 4 aromatic rings. The first-order chi connectivity index (χ1) is 16.1. The highest BCUT2D eigenvalue weighted by atomic mass is 16.3. The zero-order valence-electron chi connectivity index (χ0n) is 17.8. The first-order valence-electron chi connectivity index (χ1n) is 10.6. The van der Waals surface area contributed by atoms with E-state index in [0.29, 0.717) is 6.54 Å². The van der Waals surface area contributed by atoms with Crippen molar-refractivity contribution in [2.45, 2.75) is 5.92 Å². The average molecular weight is 444 g/mol. The van der Waals surface area contributed by atoms with E-state index in [4.69, 9.17) is 4.42 Å². The number of carbonyl (C=O) groups excluding carboxylic acids is 3. The Hall–Kier alpha value is -4.33. The number of aromatic amines is 1. The fourth-order valence-corrected chi connectivity index (χ4v) is 3.65. The molecule has 0 radical (unpaired) electrons. The fraction of sp³-hybridized carbons (Fsp3) is 0.160. The summed E-state index contributed by atoms with van der Waals surface area (Å²) in [6, 6.07) is 21.1. The van der Waals surface area contributed by atoms with Crippen LogP contribution in [0.5, 0.6) is 0 Å². The second-order valence-corrected chi connectivity index (χ2v) is 7.49. The predicted molar refractivity (Wildman–Crippen MR) is 124 cm³/mol. The van der Waals surface area contributed by atoms with E-state index in [-0.39, 0.29) is 30.7 Å². The highest BCUT2D eigenvalue weighted by Gasteiger charge is 2.19. The number of rotatable bonds is 9. The van der Waals surface area contributed by atoms with Crippen molar-refractivity contribution in [3.05, 3.63) is 96.1 Å². The van der Waals surface area contributed by atoms with Gasteiger partial charge in [-0.3, -0.25) is 14.4 Å². The lowest BCUT2D eigenvalue weighted by Crippen LogP contribution is -2.42. The van der Waals surface area contributed by atoms with Crippen molar-refractivity contribution in [3.8, 4) is 0 Å². The summed E-state index contributed by atoms with van der Waals surface area (Å²) >= 11 is 0. The van der Waals surface area contributed by atoms with Gasteiger partial charge in [0.05, 0.1) is 19.4 Å². The van der Waals surface area contributed by atoms with E-state index in [1.165, 1.54) is 12.3 Å². The van der Waals surface area contributed by atoms with E-state index in [1.807, 2.05) is 54.7 Å². The number of aromatic nitrogens is 1. The molecule has 1 atom stereocenters. The minimum Gasteiger partial charge on any atom is -0.459 e. The second-order valence-electron chi connectivity index (χ2n) is 7.49. The molecule has 0 saturated heterocycles. The minimum absolute atomic E-state index is 0.0606. The number of hydrogen-bond acceptors (Lipinski definition) is 4. The first-order valence-corrected chi connectivity index (χ1v) is 10.6. The van der Waals surface area contributed by atoms with Crippen LogP contribution in [0.3, 0.4) is 0 Å². The summed E-state index contributed by atoms with van der Waals surface area (Å²) in [7, 11) is 0. The molecule has 0 spiro atoms. The molecule has 4 rings (SSSR count). The van der Waals surface area contributed by atoms with Crippen LogP contribution in [0.4, 0.5) is 0 Å². The van der Waals surface area contributed by atoms with Gasteiger partial charge in [-0.1, -0.05) is 48.5 Å². The normalized spacial score (nSPS) is 11.6. The van der Waals surface area contributed by atoms with Gasteiger partial charge in [-0.25, -0.2) is 0 Å². The van der Waals surface area contributed by atoms with Crippen molar-refractivity contribution < 1.29 is 18.8 Å². The summed E-state index contributed by atoms with van der Waals surface area (Å²) in [5.74, 6) is -1.23. The van der Waals surface area contributed by atoms with Crippen LogP contribution >= 0.6 is 0 Å². The van der Waals surface area contributed by atoms with E-state index in [2.05, 4.69) is 27.0 Å². The van der Waals surface area contributed by atoms with E-state index in [9.17, 15) is 14.4 Å². The van der Waals surface area contributed by atoms with Crippen molar-refractivity contribution in [2.24, 2.45) is 0 Å². The Morgan fingerprint density at radius 2 is 1.55 bits per heavy atom. The van der Waals surface area contributed by atoms with Crippen molar-refractivity contribution >= 4 is 28.6 Å². The number of carbonyl (C=O) groups is 3. The maximum Gasteiger partial charge on any atom is 0.287 e. The maximum atomic E-state index is 12.4. The molecule has 0 aliphatic rings. The van der Waals surface area contributed by atoms with Gasteiger partial charge in [-0.05, 0) is 29.3 Å². The summed E-state index contributed by atoms with van der Waals surface area (Å²) in [6.07, 6.45) is 3.34. The van der Waals surface area contributed by atoms with Crippen LogP contribution in [0, 0.1) is 0 Å². The van der Waals surface area contributed by atoms with Gasteiger partial charge in [0.25, 0.3) is 5.91 Å². The van der Waals surface area contributed by atoms with Crippen molar-refractivity contribution in [2.75, 3.05) is 19.6 Å². The third-order valence-corrected chi connectivity index (χ3v) is 5.30. The highest BCUT2D eigenvalue weighted by molar-refractivity contribution is 5.94. The lowest BCUT2D eigenvalue weighted by atomic mass is 9.91. The zero-order chi connectivity index (χ0) is 23.0. The first kappa shape index (κ1) is 21.9. The Kier molecular flexibility index (Phi) is 6.84. The summed E-state index contributed by atoms with van der Waals surface area (Å²) in [5.41, 5.74) is 3.19. The van der Waals surface area contributed by atoms with Crippen molar-refractivity contribution in [1.82, 2.24) is 20.9 Å². The van der Waals surface area contributed by atoms with Gasteiger partial charge >= 0.3 is 0 Å². The predicted octanol–water partition coefficient (Wildman–Crippen LogP) is 2.56. The van der Waals surface area contributed by atoms with Gasteiger partial charge in [0, 0.05) is 29.6 Å². The Balaban J connectivity index is 1.33. The number of amides is 3. The van der Waals surface area contributed by atoms with Gasteiger partial charge in [0.1, 0.15) is 0 Å². The number of H-pyrrole nitrogens is 1. The summed E-state index contributed by atoms with van der Waals surface area (Å²) in [6.45, 7) is -0.0740. The van der Waals surface area contributed by atoms with Crippen LogP contribution < -0.4 is 16.0 Å². The lowest BCUT2D eigenvalue weighted by molar-refractivity contribution is -0.125. The Morgan fingerprint density at radius 3 is 2.33 bits per heavy atom. The quantitative estimate of drug-likeness (QED) is 0.317. The molecular weight excluding hydrogens is 420 g/mol. The van der Waals surface area contributed by atoms with Gasteiger partial charge in [0.2, 0.25) is 11.8 Å². The van der Waals surface area contributed by atoms with Gasteiger partial charge in [0.15, 0.2) is 5.76 Å². The highest BCUT2D eigenvalue weighted by Crippen LogP contribution is 2.30. The molecular formula is C25H24N4O4. The molecule has 0 fully saturated rings. The van der Waals surface area contributed by atoms with Crippen LogP contribution in [0.15, 0.2) is 83.6 Å². The average Bonchev–Trinajstić information content (AvgIpc) is 3.53. The Bertz CT molecular complexity index is 1230. The molecule has 8 nitrogen and oxygen atoms in total. The van der Waals surface area contributed by atoms with E-state index < -0.39 is 11.8 Å². The molecule has 2 heterocycles. The van der Waals surface area contributed by atoms with Crippen LogP contribution in [-0.2, 0) is 9.59 Å². The molecule has 0 saturated carbocycles. The lowest BCUT2D eigenvalue weighted by Gasteiger charge is -2.18. The largest absolute Gasteiger partial charge is 0.459 e. The number of nitrogens with one attached hydrogen (secondary N) is 4. The molecule has 168 valence electrons. The van der Waals surface area contributed by atoms with Crippen LogP contribution in [0.2, 0.25) is 0 Å². The van der Waals surface area contributed by atoms with Crippen LogP contribution in [0.1, 0.15) is 27.6 Å². The topological polar surface area (TPSA) is 116 Å². The third-order valence-electron chi connectivity index (χ3n) is 5.30. The third kappa shape index (κ3) is 5.48. The number of hydrogen-bond donors (Lipinski definition) is 4. The summed E-state index contributed by atoms with van der Waals surface area (Å²) < 4.78 is 4.96. The molecule has 8 heteroatoms. The van der Waals surface area contributed by atoms with Gasteiger partial charge < -0.3 is 25.4 Å². The second kappa shape index (κ2) is 10.3. The standard InChI is InChI=1S/C25H24N4O4/c30-23(15-28-24(31)16-29-25(32)22-11-6-12-33-22)27-13-19(17-7-2-1-3-8-17)20-14-26-21-10-5-4-9-18(20)21/h1-12,14,19,26H,13,15-16H2,(H,27,30)(H,28,31)(H,29,32). The van der Waals surface area contributed by atoms with E-state index in [1.54, 1.807) is 6.07 Å². The Morgan fingerprint density at radius 1 is 0.818 bits per heavy atom. The molecule has 0 aliphatic heterocycles. The summed E-state index contributed by atoms with van der Waals surface area (Å²) in [4.78, 5) is 39.5. The van der Waals surface area contributed by atoms with Gasteiger partial charge in [-0.2, -0.15) is 0 Å². The van der Waals surface area contributed by atoms with Crippen LogP contribution in [0.25, 0.3) is 10.9 Å². The van der Waals surface area contributed by atoms with Gasteiger partial charge in [-0.15, -0.1) is 0 Å². The molecule has 0 bridgehead atoms. The molecule has 3 amide bonds. The molecule has 2 aromatic carbocycles. The molecule has 2 aromatic heterocycles. The monoisotopic (exact) mass is 444 g/mol. The number of fused-ring (bicyclic) bond motifs is 1. The molecule has 1 unspecified atom stereocenters. The smallest absolute Gasteiger partial charge is 0.287 e. The Labute approximate surface area is 190 Å². The summed E-state index contributed by atoms with van der Waals surface area (Å²) in [5, 5.41) is 8.95. The fourth-order valence-electron chi connectivity index (χ4n) is 3.65. The van der Waals surface area contributed by atoms with Crippen LogP contribution in [-0.4, -0.2) is 42.3 Å². The van der Waals surface area contributed by atoms with Crippen molar-refractivity contribution in [1.29, 1.82) is 0 Å². The maximum absolute atomic E-state index is 12.4. The molecule has 33 heavy (non-hydrogen) atoms. The molecule has 0 aliphatic carbocycles.